The van der Waals surface area contributed by atoms with E-state index in [1.807, 2.05) is 26.1 Å². The summed E-state index contributed by atoms with van der Waals surface area (Å²) in [6.07, 6.45) is 7.33. The first-order valence-electron chi connectivity index (χ1n) is 8.85. The van der Waals surface area contributed by atoms with E-state index >= 15 is 0 Å². The Kier molecular flexibility index (Phi) is 7.77. The Morgan fingerprint density at radius 3 is 2.67 bits per heavy atom. The van der Waals surface area contributed by atoms with Crippen LogP contribution in [-0.4, -0.2) is 23.2 Å². The highest BCUT2D eigenvalue weighted by molar-refractivity contribution is 6.29. The molecule has 142 valence electrons. The lowest BCUT2D eigenvalue weighted by Gasteiger charge is -2.19. The Labute approximate surface area is 166 Å². The van der Waals surface area contributed by atoms with Gasteiger partial charge in [0.2, 0.25) is 0 Å². The average Bonchev–Trinajstić information content (AvgIpc) is 2.64. The van der Waals surface area contributed by atoms with E-state index in [9.17, 15) is 4.79 Å². The maximum atomic E-state index is 11.1. The van der Waals surface area contributed by atoms with Crippen LogP contribution in [-0.2, 0) is 13.1 Å². The molecule has 0 spiro atoms. The van der Waals surface area contributed by atoms with E-state index in [0.29, 0.717) is 17.4 Å². The molecule has 0 bridgehead atoms. The van der Waals surface area contributed by atoms with Crippen molar-refractivity contribution >= 4 is 24.0 Å². The molecule has 0 aliphatic heterocycles. The lowest BCUT2D eigenvalue weighted by atomic mass is 10.0. The van der Waals surface area contributed by atoms with Gasteiger partial charge in [0.15, 0.2) is 6.29 Å². The van der Waals surface area contributed by atoms with E-state index in [-0.39, 0.29) is 0 Å². The Bertz CT molecular complexity index is 854. The Hall–Kier alpha value is -2.43. The SMILES string of the molecule is C/C(C/C=C/c1ccc(CN(C)Cc2cccnc2C=O)c(C)c1)=C(/N)Cl. The minimum Gasteiger partial charge on any atom is -0.390 e. The number of carbonyl (C=O) groups is 1. The fourth-order valence-corrected chi connectivity index (χ4v) is 2.87. The molecule has 0 saturated heterocycles. The van der Waals surface area contributed by atoms with Crippen LogP contribution in [0.5, 0.6) is 0 Å². The predicted octanol–water partition coefficient (Wildman–Crippen LogP) is 4.67. The highest BCUT2D eigenvalue weighted by atomic mass is 35.5. The summed E-state index contributed by atoms with van der Waals surface area (Å²) in [5, 5.41) is 0.362. The quantitative estimate of drug-likeness (QED) is 0.531. The van der Waals surface area contributed by atoms with Crippen LogP contribution in [0.1, 0.15) is 46.1 Å². The van der Waals surface area contributed by atoms with Crippen LogP contribution in [0.3, 0.4) is 0 Å². The third-order valence-electron chi connectivity index (χ3n) is 4.43. The van der Waals surface area contributed by atoms with Gasteiger partial charge in [-0.25, -0.2) is 0 Å². The number of nitrogens with two attached hydrogens (primary N) is 1. The second kappa shape index (κ2) is 10.0. The topological polar surface area (TPSA) is 59.2 Å². The zero-order valence-electron chi connectivity index (χ0n) is 16.1. The number of pyridine rings is 1. The number of halogens is 1. The maximum absolute atomic E-state index is 11.1. The molecule has 0 fully saturated rings. The molecule has 27 heavy (non-hydrogen) atoms. The molecule has 0 unspecified atom stereocenters. The molecule has 0 radical (unpaired) electrons. The summed E-state index contributed by atoms with van der Waals surface area (Å²) in [4.78, 5) is 17.4. The summed E-state index contributed by atoms with van der Waals surface area (Å²) in [5.41, 5.74) is 11.6. The van der Waals surface area contributed by atoms with Crippen LogP contribution in [0.25, 0.3) is 6.08 Å². The zero-order chi connectivity index (χ0) is 19.8. The number of carbonyl (C=O) groups excluding carboxylic acids is 1. The van der Waals surface area contributed by atoms with Crippen molar-refractivity contribution in [3.63, 3.8) is 0 Å². The number of aldehydes is 1. The van der Waals surface area contributed by atoms with E-state index in [0.717, 1.165) is 36.0 Å². The van der Waals surface area contributed by atoms with Gasteiger partial charge in [0.1, 0.15) is 5.69 Å². The van der Waals surface area contributed by atoms with E-state index in [4.69, 9.17) is 17.3 Å². The van der Waals surface area contributed by atoms with Crippen molar-refractivity contribution in [1.29, 1.82) is 0 Å². The van der Waals surface area contributed by atoms with Crippen LogP contribution in [0, 0.1) is 6.92 Å². The third kappa shape index (κ3) is 6.35. The van der Waals surface area contributed by atoms with Crippen molar-refractivity contribution in [3.8, 4) is 0 Å². The third-order valence-corrected chi connectivity index (χ3v) is 4.75. The minimum atomic E-state index is 0.362. The molecule has 0 amide bonds. The number of benzene rings is 1. The molecule has 5 heteroatoms. The first kappa shape index (κ1) is 20.9. The largest absolute Gasteiger partial charge is 0.390 e. The van der Waals surface area contributed by atoms with Crippen molar-refractivity contribution in [2.45, 2.75) is 33.4 Å². The molecule has 1 aromatic carbocycles. The van der Waals surface area contributed by atoms with Gasteiger partial charge in [-0.15, -0.1) is 0 Å². The number of aromatic nitrogens is 1. The highest BCUT2D eigenvalue weighted by Gasteiger charge is 2.08. The number of aryl methyl sites for hydroxylation is 1. The molecule has 1 aromatic heterocycles. The Morgan fingerprint density at radius 1 is 1.26 bits per heavy atom. The molecule has 0 saturated carbocycles. The highest BCUT2D eigenvalue weighted by Crippen LogP contribution is 2.17. The van der Waals surface area contributed by atoms with Gasteiger partial charge in [-0.3, -0.25) is 14.7 Å². The normalized spacial score (nSPS) is 12.5. The maximum Gasteiger partial charge on any atom is 0.168 e. The van der Waals surface area contributed by atoms with Gasteiger partial charge in [0.05, 0.1) is 5.16 Å². The number of nitrogens with zero attached hydrogens (tertiary/aromatic N) is 2. The van der Waals surface area contributed by atoms with Gasteiger partial charge in [0, 0.05) is 19.3 Å². The minimum absolute atomic E-state index is 0.362. The zero-order valence-corrected chi connectivity index (χ0v) is 16.8. The van der Waals surface area contributed by atoms with Crippen molar-refractivity contribution in [3.05, 3.63) is 81.3 Å². The molecule has 4 nitrogen and oxygen atoms in total. The second-order valence-corrected chi connectivity index (χ2v) is 7.17. The van der Waals surface area contributed by atoms with E-state index in [1.54, 1.807) is 6.20 Å². The van der Waals surface area contributed by atoms with Crippen molar-refractivity contribution < 1.29 is 4.79 Å². The van der Waals surface area contributed by atoms with Crippen molar-refractivity contribution in [2.24, 2.45) is 5.73 Å². The molecular weight excluding hydrogens is 358 g/mol. The molecule has 2 aromatic rings. The van der Waals surface area contributed by atoms with Gasteiger partial charge < -0.3 is 5.73 Å². The van der Waals surface area contributed by atoms with E-state index < -0.39 is 0 Å². The molecule has 0 aliphatic carbocycles. The Balaban J connectivity index is 2.02. The molecule has 1 heterocycles. The van der Waals surface area contributed by atoms with Gasteiger partial charge in [-0.1, -0.05) is 48.0 Å². The van der Waals surface area contributed by atoms with E-state index in [1.165, 1.54) is 11.1 Å². The fourth-order valence-electron chi connectivity index (χ4n) is 2.80. The summed E-state index contributed by atoms with van der Waals surface area (Å²) < 4.78 is 0. The first-order chi connectivity index (χ1) is 12.9. The summed E-state index contributed by atoms with van der Waals surface area (Å²) in [6.45, 7) is 5.51. The average molecular weight is 384 g/mol. The second-order valence-electron chi connectivity index (χ2n) is 6.76. The van der Waals surface area contributed by atoms with Crippen molar-refractivity contribution in [1.82, 2.24) is 9.88 Å². The van der Waals surface area contributed by atoms with Crippen LogP contribution >= 0.6 is 11.6 Å². The summed E-state index contributed by atoms with van der Waals surface area (Å²) in [6, 6.07) is 10.2. The van der Waals surface area contributed by atoms with Gasteiger partial charge in [-0.05, 0) is 61.2 Å². The fraction of sp³-hybridized carbons (Fsp3) is 0.273. The molecular formula is C22H26ClN3O. The molecule has 0 atom stereocenters. The van der Waals surface area contributed by atoms with Crippen molar-refractivity contribution in [2.75, 3.05) is 7.05 Å². The van der Waals surface area contributed by atoms with Gasteiger partial charge >= 0.3 is 0 Å². The summed E-state index contributed by atoms with van der Waals surface area (Å²) in [5.74, 6) is 0. The number of hydrogen-bond donors (Lipinski definition) is 1. The van der Waals surface area contributed by atoms with Crippen LogP contribution in [0.2, 0.25) is 0 Å². The number of hydrogen-bond acceptors (Lipinski definition) is 4. The summed E-state index contributed by atoms with van der Waals surface area (Å²) in [7, 11) is 2.04. The predicted molar refractivity (Wildman–Crippen MR) is 112 cm³/mol. The standard InChI is InChI=1S/C22H26ClN3O/c1-16(22(23)24)6-4-7-18-9-10-19(17(2)12-18)13-26(3)14-20-8-5-11-25-21(20)15-27/h4-5,7-12,15H,6,13-14,24H2,1-3H3/b7-4+,22-16-. The lowest BCUT2D eigenvalue weighted by Crippen LogP contribution is -2.19. The van der Waals surface area contributed by atoms with Crippen LogP contribution in [0.15, 0.2) is 53.3 Å². The number of allylic oxidation sites excluding steroid dienone is 2. The Morgan fingerprint density at radius 2 is 2.00 bits per heavy atom. The lowest BCUT2D eigenvalue weighted by molar-refractivity contribution is 0.111. The number of rotatable bonds is 8. The van der Waals surface area contributed by atoms with E-state index in [2.05, 4.69) is 47.2 Å². The van der Waals surface area contributed by atoms with Gasteiger partial charge in [0.25, 0.3) is 0 Å². The first-order valence-corrected chi connectivity index (χ1v) is 9.23. The van der Waals surface area contributed by atoms with Crippen LogP contribution < -0.4 is 5.73 Å². The molecule has 2 rings (SSSR count). The summed E-state index contributed by atoms with van der Waals surface area (Å²) >= 11 is 5.78. The van der Waals surface area contributed by atoms with Gasteiger partial charge in [-0.2, -0.15) is 0 Å². The molecule has 0 aliphatic rings. The van der Waals surface area contributed by atoms with Crippen LogP contribution in [0.4, 0.5) is 0 Å². The smallest absolute Gasteiger partial charge is 0.168 e. The molecule has 2 N–H and O–H groups in total. The monoisotopic (exact) mass is 383 g/mol.